The molecule has 0 aromatic heterocycles. The van der Waals surface area contributed by atoms with Gasteiger partial charge in [0.2, 0.25) is 0 Å². The van der Waals surface area contributed by atoms with Crippen LogP contribution in [-0.4, -0.2) is 12.7 Å². The summed E-state index contributed by atoms with van der Waals surface area (Å²) in [6.07, 6.45) is 5.85. The van der Waals surface area contributed by atoms with Crippen LogP contribution in [0.15, 0.2) is 23.1 Å². The lowest BCUT2D eigenvalue weighted by Gasteiger charge is -2.17. The fourth-order valence-electron chi connectivity index (χ4n) is 0.450. The van der Waals surface area contributed by atoms with Crippen LogP contribution in [0.5, 0.6) is 0 Å². The summed E-state index contributed by atoms with van der Waals surface area (Å²) in [6, 6.07) is 0. The van der Waals surface area contributed by atoms with Crippen molar-refractivity contribution in [2.45, 2.75) is 26.4 Å². The summed E-state index contributed by atoms with van der Waals surface area (Å²) in [5.74, 6) is 0. The summed E-state index contributed by atoms with van der Waals surface area (Å²) < 4.78 is 5.18. The standard InChI is InChI=1S/C9H16OS/c1-5-8(11)6-7-9(2,3)10-4/h5-7,11H,1-4H3/b7-6-,8-5+. The van der Waals surface area contributed by atoms with Crippen LogP contribution in [0.2, 0.25) is 0 Å². The van der Waals surface area contributed by atoms with Gasteiger partial charge in [0.1, 0.15) is 0 Å². The zero-order chi connectivity index (χ0) is 8.91. The molecule has 0 aliphatic rings. The SMILES string of the molecule is C/C=C(S)\C=C/C(C)(C)OC. The number of ether oxygens (including phenoxy) is 1. The van der Waals surface area contributed by atoms with Crippen LogP contribution in [0.1, 0.15) is 20.8 Å². The minimum Gasteiger partial charge on any atom is -0.375 e. The molecule has 0 aromatic rings. The molecular weight excluding hydrogens is 156 g/mol. The minimum atomic E-state index is -0.197. The van der Waals surface area contributed by atoms with Crippen molar-refractivity contribution in [1.29, 1.82) is 0 Å². The summed E-state index contributed by atoms with van der Waals surface area (Å²) in [5, 5.41) is 0. The number of hydrogen-bond donors (Lipinski definition) is 1. The maximum Gasteiger partial charge on any atom is 0.0806 e. The third-order valence-electron chi connectivity index (χ3n) is 1.48. The van der Waals surface area contributed by atoms with Crippen molar-refractivity contribution in [3.8, 4) is 0 Å². The lowest BCUT2D eigenvalue weighted by molar-refractivity contribution is 0.0656. The van der Waals surface area contributed by atoms with Crippen molar-refractivity contribution in [2.24, 2.45) is 0 Å². The van der Waals surface area contributed by atoms with Gasteiger partial charge in [0.15, 0.2) is 0 Å². The zero-order valence-corrected chi connectivity index (χ0v) is 8.48. The molecule has 0 saturated heterocycles. The van der Waals surface area contributed by atoms with Crippen molar-refractivity contribution in [3.63, 3.8) is 0 Å². The van der Waals surface area contributed by atoms with Crippen LogP contribution >= 0.6 is 12.6 Å². The molecule has 0 spiro atoms. The minimum absolute atomic E-state index is 0.197. The molecule has 64 valence electrons. The number of methoxy groups -OCH3 is 1. The predicted octanol–water partition coefficient (Wildman–Crippen LogP) is 2.80. The van der Waals surface area contributed by atoms with Gasteiger partial charge in [-0.1, -0.05) is 18.2 Å². The molecular formula is C9H16OS. The molecule has 0 aliphatic carbocycles. The topological polar surface area (TPSA) is 9.23 Å². The first-order valence-electron chi connectivity index (χ1n) is 3.61. The number of hydrogen-bond acceptors (Lipinski definition) is 2. The van der Waals surface area contributed by atoms with E-state index in [0.717, 1.165) is 4.91 Å². The Morgan fingerprint density at radius 2 is 2.00 bits per heavy atom. The van der Waals surface area contributed by atoms with Crippen LogP contribution in [0.3, 0.4) is 0 Å². The van der Waals surface area contributed by atoms with E-state index in [1.807, 2.05) is 39.0 Å². The van der Waals surface area contributed by atoms with Crippen molar-refractivity contribution in [1.82, 2.24) is 0 Å². The number of rotatable bonds is 3. The van der Waals surface area contributed by atoms with E-state index in [9.17, 15) is 0 Å². The van der Waals surface area contributed by atoms with E-state index in [1.165, 1.54) is 0 Å². The third-order valence-corrected chi connectivity index (χ3v) is 1.88. The fourth-order valence-corrected chi connectivity index (χ4v) is 0.525. The summed E-state index contributed by atoms with van der Waals surface area (Å²) in [4.78, 5) is 0.954. The summed E-state index contributed by atoms with van der Waals surface area (Å²) in [5.41, 5.74) is -0.197. The lowest BCUT2D eigenvalue weighted by Crippen LogP contribution is -2.18. The van der Waals surface area contributed by atoms with E-state index in [2.05, 4.69) is 12.6 Å². The number of allylic oxidation sites excluding steroid dienone is 2. The van der Waals surface area contributed by atoms with Gasteiger partial charge in [-0.05, 0) is 25.7 Å². The molecule has 0 atom stereocenters. The van der Waals surface area contributed by atoms with E-state index in [0.29, 0.717) is 0 Å². The molecule has 11 heavy (non-hydrogen) atoms. The first-order chi connectivity index (χ1) is 5.02. The second kappa shape index (κ2) is 4.62. The van der Waals surface area contributed by atoms with Crippen molar-refractivity contribution in [3.05, 3.63) is 23.1 Å². The quantitative estimate of drug-likeness (QED) is 0.509. The highest BCUT2D eigenvalue weighted by Gasteiger charge is 2.09. The fraction of sp³-hybridized carbons (Fsp3) is 0.556. The van der Waals surface area contributed by atoms with Gasteiger partial charge in [-0.3, -0.25) is 0 Å². The molecule has 0 radical (unpaired) electrons. The maximum absolute atomic E-state index is 5.18. The zero-order valence-electron chi connectivity index (χ0n) is 7.59. The maximum atomic E-state index is 5.18. The predicted molar refractivity (Wildman–Crippen MR) is 53.0 cm³/mol. The van der Waals surface area contributed by atoms with E-state index in [-0.39, 0.29) is 5.60 Å². The summed E-state index contributed by atoms with van der Waals surface area (Å²) >= 11 is 4.20. The van der Waals surface area contributed by atoms with E-state index in [4.69, 9.17) is 4.74 Å². The van der Waals surface area contributed by atoms with Gasteiger partial charge in [0, 0.05) is 7.11 Å². The van der Waals surface area contributed by atoms with Crippen LogP contribution in [-0.2, 0) is 4.74 Å². The molecule has 0 fully saturated rings. The second-order valence-corrected chi connectivity index (χ2v) is 3.37. The Morgan fingerprint density at radius 3 is 2.36 bits per heavy atom. The molecule has 0 heterocycles. The molecule has 2 heteroatoms. The van der Waals surface area contributed by atoms with E-state index in [1.54, 1.807) is 7.11 Å². The first-order valence-corrected chi connectivity index (χ1v) is 4.06. The van der Waals surface area contributed by atoms with Crippen molar-refractivity contribution >= 4 is 12.6 Å². The van der Waals surface area contributed by atoms with Gasteiger partial charge in [0.05, 0.1) is 5.60 Å². The highest BCUT2D eigenvalue weighted by atomic mass is 32.1. The monoisotopic (exact) mass is 172 g/mol. The van der Waals surface area contributed by atoms with Gasteiger partial charge in [-0.15, -0.1) is 12.6 Å². The second-order valence-electron chi connectivity index (χ2n) is 2.85. The van der Waals surface area contributed by atoms with E-state index < -0.39 is 0 Å². The van der Waals surface area contributed by atoms with Gasteiger partial charge in [-0.25, -0.2) is 0 Å². The van der Waals surface area contributed by atoms with Crippen molar-refractivity contribution in [2.75, 3.05) is 7.11 Å². The van der Waals surface area contributed by atoms with E-state index >= 15 is 0 Å². The molecule has 0 N–H and O–H groups in total. The lowest BCUT2D eigenvalue weighted by atomic mass is 10.1. The largest absolute Gasteiger partial charge is 0.375 e. The van der Waals surface area contributed by atoms with Crippen LogP contribution in [0.25, 0.3) is 0 Å². The Labute approximate surface area is 74.5 Å². The Kier molecular flexibility index (Phi) is 4.54. The average Bonchev–Trinajstić information content (AvgIpc) is 2.00. The smallest absolute Gasteiger partial charge is 0.0806 e. The van der Waals surface area contributed by atoms with Gasteiger partial charge < -0.3 is 4.74 Å². The first kappa shape index (κ1) is 10.8. The molecule has 0 aliphatic heterocycles. The van der Waals surface area contributed by atoms with Crippen LogP contribution < -0.4 is 0 Å². The molecule has 0 bridgehead atoms. The Balaban J connectivity index is 4.12. The summed E-state index contributed by atoms with van der Waals surface area (Å²) in [7, 11) is 1.69. The Bertz CT molecular complexity index is 168. The number of thiol groups is 1. The Hall–Kier alpha value is -0.210. The molecule has 0 saturated carbocycles. The Morgan fingerprint density at radius 1 is 1.45 bits per heavy atom. The third kappa shape index (κ3) is 5.10. The van der Waals surface area contributed by atoms with Gasteiger partial charge in [0.25, 0.3) is 0 Å². The molecule has 1 nitrogen and oxygen atoms in total. The normalized spacial score (nSPS) is 14.5. The highest BCUT2D eigenvalue weighted by molar-refractivity contribution is 7.84. The average molecular weight is 172 g/mol. The molecule has 0 aromatic carbocycles. The molecule has 0 amide bonds. The van der Waals surface area contributed by atoms with Gasteiger partial charge >= 0.3 is 0 Å². The summed E-state index contributed by atoms with van der Waals surface area (Å²) in [6.45, 7) is 5.95. The van der Waals surface area contributed by atoms with Gasteiger partial charge in [-0.2, -0.15) is 0 Å². The highest BCUT2D eigenvalue weighted by Crippen LogP contribution is 2.12. The van der Waals surface area contributed by atoms with Crippen LogP contribution in [0.4, 0.5) is 0 Å². The molecule has 0 rings (SSSR count). The molecule has 0 unspecified atom stereocenters. The van der Waals surface area contributed by atoms with Crippen LogP contribution in [0, 0.1) is 0 Å². The van der Waals surface area contributed by atoms with Crippen molar-refractivity contribution < 1.29 is 4.74 Å².